The van der Waals surface area contributed by atoms with Crippen LogP contribution in [0.2, 0.25) is 0 Å². The lowest BCUT2D eigenvalue weighted by molar-refractivity contribution is 0.0647. The van der Waals surface area contributed by atoms with Gasteiger partial charge in [-0.05, 0) is 24.1 Å². The molecule has 2 aliphatic rings. The van der Waals surface area contributed by atoms with Crippen molar-refractivity contribution in [3.63, 3.8) is 0 Å². The van der Waals surface area contributed by atoms with E-state index in [1.54, 1.807) is 6.07 Å². The molecule has 2 aliphatic heterocycles. The van der Waals surface area contributed by atoms with Gasteiger partial charge < -0.3 is 9.88 Å². The van der Waals surface area contributed by atoms with E-state index in [9.17, 15) is 9.59 Å². The molecule has 3 N–H and O–H groups in total. The maximum Gasteiger partial charge on any atom is 0.270 e. The van der Waals surface area contributed by atoms with Gasteiger partial charge in [0.1, 0.15) is 5.69 Å². The van der Waals surface area contributed by atoms with E-state index in [0.717, 1.165) is 6.42 Å². The van der Waals surface area contributed by atoms with E-state index in [0.29, 0.717) is 35.7 Å². The Kier molecular flexibility index (Phi) is 4.22. The van der Waals surface area contributed by atoms with Crippen LogP contribution in [0.4, 0.5) is 0 Å². The first-order chi connectivity index (χ1) is 13.7. The number of benzene rings is 2. The second-order valence-electron chi connectivity index (χ2n) is 7.58. The molecule has 0 bridgehead atoms. The maximum absolute atomic E-state index is 13.1. The van der Waals surface area contributed by atoms with Crippen molar-refractivity contribution in [3.8, 4) is 0 Å². The van der Waals surface area contributed by atoms with Crippen LogP contribution >= 0.6 is 0 Å². The summed E-state index contributed by atoms with van der Waals surface area (Å²) < 4.78 is 0. The molecule has 2 fully saturated rings. The van der Waals surface area contributed by atoms with E-state index in [1.807, 2.05) is 41.3 Å². The predicted molar refractivity (Wildman–Crippen MR) is 108 cm³/mol. The highest BCUT2D eigenvalue weighted by atomic mass is 16.2. The van der Waals surface area contributed by atoms with Gasteiger partial charge in [-0.25, -0.2) is 5.43 Å². The fourth-order valence-electron chi connectivity index (χ4n) is 4.46. The van der Waals surface area contributed by atoms with Crippen molar-refractivity contribution < 1.29 is 4.79 Å². The fraction of sp³-hybridized carbons (Fsp3) is 0.273. The summed E-state index contributed by atoms with van der Waals surface area (Å²) >= 11 is 0. The first kappa shape index (κ1) is 17.2. The molecule has 6 nitrogen and oxygen atoms in total. The number of amides is 1. The Hall–Kier alpha value is -2.96. The van der Waals surface area contributed by atoms with Gasteiger partial charge in [0.2, 0.25) is 0 Å². The monoisotopic (exact) mass is 374 g/mol. The Balaban J connectivity index is 1.41. The van der Waals surface area contributed by atoms with Crippen LogP contribution in [0.1, 0.15) is 28.5 Å². The van der Waals surface area contributed by atoms with E-state index < -0.39 is 0 Å². The first-order valence-corrected chi connectivity index (χ1v) is 9.68. The molecule has 2 aromatic carbocycles. The topological polar surface area (TPSA) is 77.2 Å². The van der Waals surface area contributed by atoms with Gasteiger partial charge in [0.05, 0.1) is 6.04 Å². The quantitative estimate of drug-likeness (QED) is 0.643. The summed E-state index contributed by atoms with van der Waals surface area (Å²) in [7, 11) is 0. The lowest BCUT2D eigenvalue weighted by atomic mass is 9.85. The molecule has 0 saturated carbocycles. The molecule has 6 heteroatoms. The maximum atomic E-state index is 13.1. The number of likely N-dealkylation sites (tertiary alicyclic amines) is 1. The number of para-hydroxylation sites is 1. The number of nitrogens with zero attached hydrogens (tertiary/aromatic N) is 1. The molecular formula is C22H22N4O2. The zero-order valence-electron chi connectivity index (χ0n) is 15.4. The van der Waals surface area contributed by atoms with E-state index in [-0.39, 0.29) is 23.3 Å². The molecule has 0 aliphatic carbocycles. The van der Waals surface area contributed by atoms with Crippen LogP contribution in [0.3, 0.4) is 0 Å². The normalized spacial score (nSPS) is 24.3. The molecule has 3 atom stereocenters. The number of nitrogens with one attached hydrogen (secondary N) is 3. The van der Waals surface area contributed by atoms with Crippen LogP contribution in [-0.4, -0.2) is 34.9 Å². The zero-order valence-corrected chi connectivity index (χ0v) is 15.4. The minimum Gasteiger partial charge on any atom is -0.350 e. The van der Waals surface area contributed by atoms with Crippen molar-refractivity contribution in [2.45, 2.75) is 18.5 Å². The van der Waals surface area contributed by atoms with Crippen molar-refractivity contribution in [3.05, 3.63) is 82.1 Å². The van der Waals surface area contributed by atoms with Crippen molar-refractivity contribution in [2.24, 2.45) is 5.92 Å². The third-order valence-electron chi connectivity index (χ3n) is 5.92. The number of pyridine rings is 1. The summed E-state index contributed by atoms with van der Waals surface area (Å²) in [6.07, 6.45) is 0.880. The standard InChI is InChI=1S/C22H22N4O2/c27-20-12-19(23-17-9-5-4-8-15(17)20)22(28)26-11-10-18-16(13-26)21(25-24-18)14-6-2-1-3-7-14/h1-9,12,16,18,21,24-25H,10-11,13H2,(H,23,27). The number of aromatic amines is 1. The number of fused-ring (bicyclic) bond motifs is 2. The number of hydrogen-bond donors (Lipinski definition) is 3. The van der Waals surface area contributed by atoms with Gasteiger partial charge in [0.25, 0.3) is 5.91 Å². The van der Waals surface area contributed by atoms with E-state index in [1.165, 1.54) is 11.6 Å². The Bertz CT molecular complexity index is 1080. The third-order valence-corrected chi connectivity index (χ3v) is 5.92. The van der Waals surface area contributed by atoms with Crippen LogP contribution in [-0.2, 0) is 0 Å². The SMILES string of the molecule is O=C(c1cc(=O)c2ccccc2[nH]1)N1CCC2NNC(c3ccccc3)C2C1. The average molecular weight is 374 g/mol. The van der Waals surface area contributed by atoms with Gasteiger partial charge in [-0.1, -0.05) is 42.5 Å². The zero-order chi connectivity index (χ0) is 19.1. The molecule has 28 heavy (non-hydrogen) atoms. The van der Waals surface area contributed by atoms with Crippen LogP contribution < -0.4 is 16.3 Å². The Morgan fingerprint density at radius 3 is 2.64 bits per heavy atom. The number of carbonyl (C=O) groups is 1. The summed E-state index contributed by atoms with van der Waals surface area (Å²) in [5.41, 5.74) is 8.94. The molecule has 0 spiro atoms. The Morgan fingerprint density at radius 1 is 1.00 bits per heavy atom. The smallest absolute Gasteiger partial charge is 0.270 e. The molecule has 1 amide bonds. The summed E-state index contributed by atoms with van der Waals surface area (Å²) in [4.78, 5) is 30.5. The van der Waals surface area contributed by atoms with Crippen LogP contribution in [0.15, 0.2) is 65.5 Å². The van der Waals surface area contributed by atoms with Crippen molar-refractivity contribution >= 4 is 16.8 Å². The lowest BCUT2D eigenvalue weighted by Gasteiger charge is -2.36. The Labute approximate surface area is 162 Å². The molecule has 2 saturated heterocycles. The largest absolute Gasteiger partial charge is 0.350 e. The molecule has 1 aromatic heterocycles. The molecule has 3 aromatic rings. The van der Waals surface area contributed by atoms with Crippen molar-refractivity contribution in [2.75, 3.05) is 13.1 Å². The fourth-order valence-corrected chi connectivity index (χ4v) is 4.46. The number of aromatic nitrogens is 1. The van der Waals surface area contributed by atoms with E-state index in [2.05, 4.69) is 28.0 Å². The van der Waals surface area contributed by atoms with Gasteiger partial charge in [-0.2, -0.15) is 0 Å². The summed E-state index contributed by atoms with van der Waals surface area (Å²) in [6.45, 7) is 1.32. The van der Waals surface area contributed by atoms with E-state index in [4.69, 9.17) is 0 Å². The van der Waals surface area contributed by atoms with Crippen LogP contribution in [0.5, 0.6) is 0 Å². The summed E-state index contributed by atoms with van der Waals surface area (Å²) in [6, 6.07) is 19.5. The van der Waals surface area contributed by atoms with Crippen LogP contribution in [0, 0.1) is 5.92 Å². The number of piperidine rings is 1. The van der Waals surface area contributed by atoms with Crippen molar-refractivity contribution in [1.82, 2.24) is 20.7 Å². The lowest BCUT2D eigenvalue weighted by Crippen LogP contribution is -2.48. The highest BCUT2D eigenvalue weighted by Gasteiger charge is 2.41. The number of H-pyrrole nitrogens is 1. The summed E-state index contributed by atoms with van der Waals surface area (Å²) in [5, 5.41) is 0.603. The number of carbonyl (C=O) groups excluding carboxylic acids is 1. The average Bonchev–Trinajstić information content (AvgIpc) is 3.17. The molecule has 3 heterocycles. The molecule has 3 unspecified atom stereocenters. The van der Waals surface area contributed by atoms with Gasteiger partial charge in [0.15, 0.2) is 5.43 Å². The second kappa shape index (κ2) is 6.89. The number of hydrogen-bond acceptors (Lipinski definition) is 4. The molecular weight excluding hydrogens is 352 g/mol. The van der Waals surface area contributed by atoms with Gasteiger partial charge >= 0.3 is 0 Å². The number of rotatable bonds is 2. The Morgan fingerprint density at radius 2 is 1.79 bits per heavy atom. The van der Waals surface area contributed by atoms with Crippen molar-refractivity contribution in [1.29, 1.82) is 0 Å². The highest BCUT2D eigenvalue weighted by Crippen LogP contribution is 2.33. The van der Waals surface area contributed by atoms with E-state index >= 15 is 0 Å². The van der Waals surface area contributed by atoms with Gasteiger partial charge in [-0.3, -0.25) is 15.0 Å². The van der Waals surface area contributed by atoms with Gasteiger partial charge in [-0.15, -0.1) is 0 Å². The third kappa shape index (κ3) is 2.91. The molecule has 0 radical (unpaired) electrons. The molecule has 5 rings (SSSR count). The predicted octanol–water partition coefficient (Wildman–Crippen LogP) is 2.21. The minimum absolute atomic E-state index is 0.111. The second-order valence-corrected chi connectivity index (χ2v) is 7.58. The highest BCUT2D eigenvalue weighted by molar-refractivity contribution is 5.95. The van der Waals surface area contributed by atoms with Crippen LogP contribution in [0.25, 0.3) is 10.9 Å². The minimum atomic E-state index is -0.126. The first-order valence-electron chi connectivity index (χ1n) is 9.68. The summed E-state index contributed by atoms with van der Waals surface area (Å²) in [5.74, 6) is 0.173. The molecule has 142 valence electrons. The van der Waals surface area contributed by atoms with Gasteiger partial charge in [0, 0.05) is 42.0 Å². The number of hydrazine groups is 1.